The molecule has 1 aliphatic heterocycles. The lowest BCUT2D eigenvalue weighted by Gasteiger charge is -2.39. The Bertz CT molecular complexity index is 2160. The van der Waals surface area contributed by atoms with Crippen molar-refractivity contribution < 1.29 is 28.8 Å². The van der Waals surface area contributed by atoms with Crippen LogP contribution in [-0.4, -0.2) is 36.7 Å². The molecule has 0 spiro atoms. The Labute approximate surface area is 293 Å². The van der Waals surface area contributed by atoms with E-state index in [9.17, 15) is 10.1 Å². The molecule has 8 rings (SSSR count). The van der Waals surface area contributed by atoms with Crippen LogP contribution in [0.3, 0.4) is 0 Å². The number of allylic oxidation sites excluding steroid dienone is 2. The van der Waals surface area contributed by atoms with Gasteiger partial charge in [0.1, 0.15) is 17.2 Å². The summed E-state index contributed by atoms with van der Waals surface area (Å²) >= 11 is 0. The van der Waals surface area contributed by atoms with Gasteiger partial charge in [0.25, 0.3) is 5.69 Å². The number of rotatable bonds is 8. The molecule has 0 aromatic heterocycles. The van der Waals surface area contributed by atoms with Gasteiger partial charge < -0.3 is 9.47 Å². The van der Waals surface area contributed by atoms with Gasteiger partial charge in [-0.15, -0.1) is 0 Å². The normalized spacial score (nSPS) is 23.5. The van der Waals surface area contributed by atoms with Crippen molar-refractivity contribution in [2.45, 2.75) is 17.8 Å². The molecule has 0 N–H and O–H groups in total. The summed E-state index contributed by atoms with van der Waals surface area (Å²) in [4.78, 5) is 59.3. The average Bonchev–Trinajstić information content (AvgIpc) is 3.67. The number of imide groups is 1. The fraction of sp³-hybridized carbons (Fsp3) is 0.167. The molecule has 2 bridgehead atoms. The lowest BCUT2D eigenvalue weighted by atomic mass is 9.59. The maximum Gasteiger partial charge on any atom is 0.293 e. The van der Waals surface area contributed by atoms with Crippen molar-refractivity contribution in [3.63, 3.8) is 0 Å². The molecule has 1 saturated carbocycles. The van der Waals surface area contributed by atoms with Crippen molar-refractivity contribution in [3.8, 4) is 11.5 Å². The average molecular weight is 677 g/mol. The SMILES string of the molecule is COc1ccc(C2=C(c3ccc(OC)cc3)[C@@]3(c4ccccc4)C(=O)[C@@]2(c2ccccc2)[C@H]2C(=O)N(c4ccc(C)cc4[N+](=O)[O-])C(=O)[C@@H]23)cc1. The number of aryl methyl sites for hydroxylation is 1. The third-order valence-corrected chi connectivity index (χ3v) is 10.8. The van der Waals surface area contributed by atoms with Crippen LogP contribution in [0.1, 0.15) is 27.8 Å². The van der Waals surface area contributed by atoms with Crippen molar-refractivity contribution in [1.29, 1.82) is 0 Å². The zero-order chi connectivity index (χ0) is 35.7. The lowest BCUT2D eigenvalue weighted by Crippen LogP contribution is -2.45. The fourth-order valence-corrected chi connectivity index (χ4v) is 8.85. The molecule has 51 heavy (non-hydrogen) atoms. The summed E-state index contributed by atoms with van der Waals surface area (Å²) in [6, 6.07) is 37.4. The summed E-state index contributed by atoms with van der Waals surface area (Å²) in [7, 11) is 3.14. The van der Waals surface area contributed by atoms with Gasteiger partial charge >= 0.3 is 0 Å². The quantitative estimate of drug-likeness (QED) is 0.0977. The van der Waals surface area contributed by atoms with E-state index in [1.54, 1.807) is 51.5 Å². The van der Waals surface area contributed by atoms with Crippen LogP contribution in [-0.2, 0) is 25.2 Å². The minimum atomic E-state index is -1.66. The van der Waals surface area contributed by atoms with Gasteiger partial charge in [-0.3, -0.25) is 24.5 Å². The Kier molecular flexibility index (Phi) is 7.27. The molecular formula is C42H32N2O7. The predicted molar refractivity (Wildman–Crippen MR) is 191 cm³/mol. The Morgan fingerprint density at radius 2 is 1.06 bits per heavy atom. The molecule has 3 aliphatic rings. The first-order valence-corrected chi connectivity index (χ1v) is 16.5. The first kappa shape index (κ1) is 31.9. The standard InChI is InChI=1S/C42H32N2O7/c1-25-14-23-32(33(24-25)44(48)49)43-38(45)36-37(39(43)46)42(29-12-8-5-9-13-29)35(27-17-21-31(51-3)22-18-27)34(26-15-19-30(50-2)20-16-26)41(36,40(42)47)28-10-6-4-7-11-28/h4-24,36-37H,1-3H3/t36-,37-,41-,42-/m1/s1. The third kappa shape index (κ3) is 4.18. The highest BCUT2D eigenvalue weighted by atomic mass is 16.6. The first-order chi connectivity index (χ1) is 24.7. The van der Waals surface area contributed by atoms with Crippen LogP contribution in [0.2, 0.25) is 0 Å². The molecule has 0 radical (unpaired) electrons. The maximum absolute atomic E-state index is 16.1. The summed E-state index contributed by atoms with van der Waals surface area (Å²) in [6.07, 6.45) is 0. The van der Waals surface area contributed by atoms with Crippen LogP contribution < -0.4 is 14.4 Å². The molecule has 2 amide bonds. The number of ether oxygens (including phenoxy) is 2. The molecule has 2 aliphatic carbocycles. The number of fused-ring (bicyclic) bond motifs is 5. The molecular weight excluding hydrogens is 644 g/mol. The number of hydrogen-bond donors (Lipinski definition) is 0. The maximum atomic E-state index is 16.1. The molecule has 4 atom stereocenters. The van der Waals surface area contributed by atoms with E-state index >= 15 is 14.4 Å². The van der Waals surface area contributed by atoms with Gasteiger partial charge in [0.15, 0.2) is 5.78 Å². The number of ketones is 1. The molecule has 5 aromatic carbocycles. The summed E-state index contributed by atoms with van der Waals surface area (Å²) < 4.78 is 11.0. The largest absolute Gasteiger partial charge is 0.497 e. The number of Topliss-reactive ketones (excluding diaryl/α,β-unsaturated/α-hetero) is 1. The number of amides is 2. The highest BCUT2D eigenvalue weighted by Crippen LogP contribution is 2.74. The number of methoxy groups -OCH3 is 2. The number of anilines is 1. The van der Waals surface area contributed by atoms with E-state index in [2.05, 4.69) is 0 Å². The van der Waals surface area contributed by atoms with E-state index in [4.69, 9.17) is 9.47 Å². The van der Waals surface area contributed by atoms with E-state index in [0.717, 1.165) is 4.90 Å². The number of nitro benzene ring substituents is 1. The van der Waals surface area contributed by atoms with E-state index in [1.165, 1.54) is 12.1 Å². The smallest absolute Gasteiger partial charge is 0.293 e. The highest BCUT2D eigenvalue weighted by Gasteiger charge is 2.83. The zero-order valence-corrected chi connectivity index (χ0v) is 28.0. The molecule has 2 fully saturated rings. The minimum Gasteiger partial charge on any atom is -0.497 e. The van der Waals surface area contributed by atoms with Crippen molar-refractivity contribution in [2.24, 2.45) is 11.8 Å². The first-order valence-electron chi connectivity index (χ1n) is 16.5. The number of benzene rings is 5. The second-order valence-corrected chi connectivity index (χ2v) is 13.1. The number of carbonyl (C=O) groups is 3. The van der Waals surface area contributed by atoms with Gasteiger partial charge in [-0.1, -0.05) is 91.0 Å². The fourth-order valence-electron chi connectivity index (χ4n) is 8.85. The number of nitro groups is 1. The molecule has 1 heterocycles. The number of nitrogens with zero attached hydrogens (tertiary/aromatic N) is 2. The second-order valence-electron chi connectivity index (χ2n) is 13.1. The molecule has 1 saturated heterocycles. The highest BCUT2D eigenvalue weighted by molar-refractivity contribution is 6.39. The summed E-state index contributed by atoms with van der Waals surface area (Å²) in [5, 5.41) is 12.4. The summed E-state index contributed by atoms with van der Waals surface area (Å²) in [5.41, 5.74) is 0.450. The van der Waals surface area contributed by atoms with Gasteiger partial charge in [-0.05, 0) is 76.2 Å². The summed E-state index contributed by atoms with van der Waals surface area (Å²) in [6.45, 7) is 1.71. The van der Waals surface area contributed by atoms with E-state index < -0.39 is 39.4 Å². The number of hydrogen-bond acceptors (Lipinski definition) is 7. The van der Waals surface area contributed by atoms with Gasteiger partial charge in [0, 0.05) is 6.07 Å². The Morgan fingerprint density at radius 1 is 0.627 bits per heavy atom. The van der Waals surface area contributed by atoms with Crippen molar-refractivity contribution in [3.05, 3.63) is 165 Å². The second kappa shape index (κ2) is 11.6. The third-order valence-electron chi connectivity index (χ3n) is 10.8. The van der Waals surface area contributed by atoms with Crippen LogP contribution >= 0.6 is 0 Å². The minimum absolute atomic E-state index is 0.120. The topological polar surface area (TPSA) is 116 Å². The van der Waals surface area contributed by atoms with Gasteiger partial charge in [0.05, 0.1) is 41.8 Å². The van der Waals surface area contributed by atoms with Crippen LogP contribution in [0.15, 0.2) is 127 Å². The van der Waals surface area contributed by atoms with Gasteiger partial charge in [-0.25, -0.2) is 4.90 Å². The van der Waals surface area contributed by atoms with Crippen molar-refractivity contribution in [2.75, 3.05) is 19.1 Å². The van der Waals surface area contributed by atoms with E-state index in [-0.39, 0.29) is 17.2 Å². The van der Waals surface area contributed by atoms with Gasteiger partial charge in [-0.2, -0.15) is 0 Å². The van der Waals surface area contributed by atoms with Crippen LogP contribution in [0.4, 0.5) is 11.4 Å². The van der Waals surface area contributed by atoms with E-state index in [1.807, 2.05) is 84.9 Å². The molecule has 252 valence electrons. The molecule has 5 aromatic rings. The van der Waals surface area contributed by atoms with Crippen molar-refractivity contribution in [1.82, 2.24) is 0 Å². The molecule has 0 unspecified atom stereocenters. The van der Waals surface area contributed by atoms with Crippen LogP contribution in [0.5, 0.6) is 11.5 Å². The van der Waals surface area contributed by atoms with Crippen LogP contribution in [0.25, 0.3) is 11.1 Å². The number of carbonyl (C=O) groups excluding carboxylic acids is 3. The van der Waals surface area contributed by atoms with Gasteiger partial charge in [0.2, 0.25) is 11.8 Å². The monoisotopic (exact) mass is 676 g/mol. The van der Waals surface area contributed by atoms with E-state index in [0.29, 0.717) is 50.5 Å². The molecule has 9 heteroatoms. The Hall–Kier alpha value is -6.35. The predicted octanol–water partition coefficient (Wildman–Crippen LogP) is 7.11. The zero-order valence-electron chi connectivity index (χ0n) is 28.0. The Morgan fingerprint density at radius 3 is 1.45 bits per heavy atom. The molecule has 9 nitrogen and oxygen atoms in total. The lowest BCUT2D eigenvalue weighted by molar-refractivity contribution is -0.384. The Balaban J connectivity index is 1.54. The summed E-state index contributed by atoms with van der Waals surface area (Å²) in [5.74, 6) is -2.85. The van der Waals surface area contributed by atoms with Crippen LogP contribution in [0, 0.1) is 28.9 Å². The van der Waals surface area contributed by atoms with Crippen molar-refractivity contribution >= 4 is 40.1 Å².